The highest BCUT2D eigenvalue weighted by Crippen LogP contribution is 2.32. The minimum absolute atomic E-state index is 0.0568. The molecule has 3 aromatic carbocycles. The molecular weight excluding hydrogens is 468 g/mol. The van der Waals surface area contributed by atoms with Gasteiger partial charge in [-0.3, -0.25) is 9.59 Å². The first-order valence-corrected chi connectivity index (χ1v) is 12.3. The molecule has 0 unspecified atom stereocenters. The molecule has 1 N–H and O–H groups in total. The summed E-state index contributed by atoms with van der Waals surface area (Å²) in [7, 11) is 0. The summed E-state index contributed by atoms with van der Waals surface area (Å²) in [6.45, 7) is 8.98. The van der Waals surface area contributed by atoms with Gasteiger partial charge in [-0.2, -0.15) is 0 Å². The van der Waals surface area contributed by atoms with E-state index in [1.165, 1.54) is 13.8 Å². The smallest absolute Gasteiger partial charge is 0.365 e. The number of aryl methyl sites for hydroxylation is 2. The third-order valence-electron chi connectivity index (χ3n) is 6.43. The Labute approximate surface area is 215 Å². The SMILES string of the molecule is CCC(=NOC(=O)C(C)(C)O)C(=O)c1ccc2c(c1)c1cc(C(=O)c3ccccc3C)ccc1n2CC. The van der Waals surface area contributed by atoms with Crippen LogP contribution in [0.4, 0.5) is 0 Å². The molecule has 0 radical (unpaired) electrons. The minimum atomic E-state index is -1.72. The van der Waals surface area contributed by atoms with E-state index < -0.39 is 11.6 Å². The van der Waals surface area contributed by atoms with Gasteiger partial charge in [-0.25, -0.2) is 4.79 Å². The number of nitrogens with zero attached hydrogens (tertiary/aromatic N) is 2. The highest BCUT2D eigenvalue weighted by Gasteiger charge is 2.27. The van der Waals surface area contributed by atoms with Crippen LogP contribution in [0.15, 0.2) is 65.8 Å². The highest BCUT2D eigenvalue weighted by molar-refractivity contribution is 6.46. The Morgan fingerprint density at radius 3 is 2.08 bits per heavy atom. The molecule has 0 fully saturated rings. The van der Waals surface area contributed by atoms with Crippen molar-refractivity contribution in [1.29, 1.82) is 0 Å². The van der Waals surface area contributed by atoms with E-state index in [1.54, 1.807) is 19.1 Å². The van der Waals surface area contributed by atoms with E-state index in [1.807, 2.05) is 62.4 Å². The lowest BCUT2D eigenvalue weighted by Gasteiger charge is -2.12. The molecule has 0 aliphatic carbocycles. The zero-order valence-electron chi connectivity index (χ0n) is 21.7. The molecule has 37 heavy (non-hydrogen) atoms. The number of oxime groups is 1. The van der Waals surface area contributed by atoms with Crippen LogP contribution in [-0.4, -0.2) is 38.5 Å². The van der Waals surface area contributed by atoms with Crippen molar-refractivity contribution in [3.8, 4) is 0 Å². The van der Waals surface area contributed by atoms with E-state index in [9.17, 15) is 19.5 Å². The van der Waals surface area contributed by atoms with Gasteiger partial charge in [0.05, 0.1) is 0 Å². The third kappa shape index (κ3) is 4.95. The fraction of sp³-hybridized carbons (Fsp3) is 0.267. The monoisotopic (exact) mass is 498 g/mol. The van der Waals surface area contributed by atoms with Gasteiger partial charge in [0.15, 0.2) is 11.4 Å². The summed E-state index contributed by atoms with van der Waals surface area (Å²) >= 11 is 0. The van der Waals surface area contributed by atoms with Crippen molar-refractivity contribution in [1.82, 2.24) is 4.57 Å². The number of carbonyl (C=O) groups excluding carboxylic acids is 3. The maximum atomic E-state index is 13.3. The van der Waals surface area contributed by atoms with E-state index in [0.29, 0.717) is 23.2 Å². The standard InChI is InChI=1S/C30H30N2O5/c1-6-24(31-37-29(35)30(4,5)36)28(34)20-13-15-26-23(17-20)22-16-19(12-14-25(22)32(26)7-2)27(33)21-11-9-8-10-18(21)3/h8-17,36H,6-7H2,1-5H3. The molecule has 7 heteroatoms. The molecular formula is C30H30N2O5. The molecule has 7 nitrogen and oxygen atoms in total. The Hall–Kier alpha value is -4.10. The van der Waals surface area contributed by atoms with Crippen LogP contribution in [0.1, 0.15) is 66.0 Å². The fourth-order valence-electron chi connectivity index (χ4n) is 4.35. The second-order valence-electron chi connectivity index (χ2n) is 9.51. The largest absolute Gasteiger partial charge is 0.379 e. The summed E-state index contributed by atoms with van der Waals surface area (Å²) < 4.78 is 2.14. The van der Waals surface area contributed by atoms with Crippen molar-refractivity contribution in [3.05, 3.63) is 82.9 Å². The number of hydrogen-bond donors (Lipinski definition) is 1. The summed E-state index contributed by atoms with van der Waals surface area (Å²) in [5, 5.41) is 15.2. The summed E-state index contributed by atoms with van der Waals surface area (Å²) in [6, 6.07) is 18.6. The lowest BCUT2D eigenvalue weighted by Crippen LogP contribution is -2.32. The quantitative estimate of drug-likeness (QED) is 0.147. The molecule has 0 aliphatic heterocycles. The van der Waals surface area contributed by atoms with Crippen LogP contribution < -0.4 is 0 Å². The van der Waals surface area contributed by atoms with Crippen molar-refractivity contribution in [2.24, 2.45) is 5.16 Å². The van der Waals surface area contributed by atoms with Gasteiger partial charge in [-0.1, -0.05) is 36.3 Å². The molecule has 4 rings (SSSR count). The van der Waals surface area contributed by atoms with Crippen LogP contribution >= 0.6 is 0 Å². The van der Waals surface area contributed by atoms with Gasteiger partial charge in [0.2, 0.25) is 5.78 Å². The van der Waals surface area contributed by atoms with Gasteiger partial charge in [-0.05, 0) is 76.1 Å². The van der Waals surface area contributed by atoms with E-state index in [0.717, 1.165) is 27.4 Å². The van der Waals surface area contributed by atoms with Gasteiger partial charge < -0.3 is 14.5 Å². The lowest BCUT2D eigenvalue weighted by molar-refractivity contribution is -0.161. The molecule has 1 heterocycles. The number of aromatic nitrogens is 1. The average molecular weight is 499 g/mol. The van der Waals surface area contributed by atoms with Gasteiger partial charge in [0.1, 0.15) is 5.71 Å². The average Bonchev–Trinajstić information content (AvgIpc) is 3.20. The number of hydrogen-bond acceptors (Lipinski definition) is 6. The highest BCUT2D eigenvalue weighted by atomic mass is 16.7. The second-order valence-corrected chi connectivity index (χ2v) is 9.51. The Bertz CT molecular complexity index is 1570. The molecule has 0 atom stereocenters. The number of Topliss-reactive ketones (excluding diaryl/α,β-unsaturated/α-hetero) is 1. The molecule has 0 amide bonds. The molecule has 0 spiro atoms. The van der Waals surface area contributed by atoms with Crippen molar-refractivity contribution < 1.29 is 24.3 Å². The van der Waals surface area contributed by atoms with Crippen molar-refractivity contribution in [2.75, 3.05) is 0 Å². The third-order valence-corrected chi connectivity index (χ3v) is 6.43. The molecule has 4 aromatic rings. The van der Waals surface area contributed by atoms with E-state index in [-0.39, 0.29) is 23.7 Å². The predicted molar refractivity (Wildman–Crippen MR) is 144 cm³/mol. The maximum Gasteiger partial charge on any atom is 0.365 e. The lowest BCUT2D eigenvalue weighted by atomic mass is 9.97. The molecule has 1 aromatic heterocycles. The van der Waals surface area contributed by atoms with Crippen molar-refractivity contribution in [3.63, 3.8) is 0 Å². The first-order chi connectivity index (χ1) is 17.6. The molecule has 0 aliphatic rings. The Morgan fingerprint density at radius 1 is 0.919 bits per heavy atom. The van der Waals surface area contributed by atoms with Crippen LogP contribution in [0.2, 0.25) is 0 Å². The topological polar surface area (TPSA) is 98.0 Å². The molecule has 0 saturated heterocycles. The zero-order valence-corrected chi connectivity index (χ0v) is 21.7. The van der Waals surface area contributed by atoms with Gasteiger partial charge in [-0.15, -0.1) is 0 Å². The Morgan fingerprint density at radius 2 is 1.51 bits per heavy atom. The Balaban J connectivity index is 1.79. The van der Waals surface area contributed by atoms with Crippen molar-refractivity contribution >= 4 is 45.1 Å². The molecule has 0 bridgehead atoms. The van der Waals surface area contributed by atoms with Crippen LogP contribution in [-0.2, 0) is 16.2 Å². The number of aliphatic hydroxyl groups is 1. The first kappa shape index (κ1) is 26.0. The molecule has 190 valence electrons. The van der Waals surface area contributed by atoms with E-state index in [4.69, 9.17) is 4.84 Å². The van der Waals surface area contributed by atoms with Gasteiger partial charge in [0, 0.05) is 45.0 Å². The number of carbonyl (C=O) groups is 3. The normalized spacial score (nSPS) is 12.2. The van der Waals surface area contributed by atoms with Crippen LogP contribution in [0.5, 0.6) is 0 Å². The summed E-state index contributed by atoms with van der Waals surface area (Å²) in [5.74, 6) is -1.38. The van der Waals surface area contributed by atoms with E-state index >= 15 is 0 Å². The van der Waals surface area contributed by atoms with Crippen LogP contribution in [0, 0.1) is 6.92 Å². The first-order valence-electron chi connectivity index (χ1n) is 12.3. The fourth-order valence-corrected chi connectivity index (χ4v) is 4.35. The van der Waals surface area contributed by atoms with E-state index in [2.05, 4.69) is 9.72 Å². The summed E-state index contributed by atoms with van der Waals surface area (Å²) in [5.41, 5.74) is 2.77. The number of fused-ring (bicyclic) bond motifs is 3. The van der Waals surface area contributed by atoms with Crippen LogP contribution in [0.3, 0.4) is 0 Å². The summed E-state index contributed by atoms with van der Waals surface area (Å²) in [6.07, 6.45) is 0.238. The minimum Gasteiger partial charge on any atom is -0.379 e. The second kappa shape index (κ2) is 10.1. The Kier molecular flexibility index (Phi) is 7.09. The molecule has 0 saturated carbocycles. The van der Waals surface area contributed by atoms with Gasteiger partial charge >= 0.3 is 5.97 Å². The number of benzene rings is 3. The van der Waals surface area contributed by atoms with Crippen LogP contribution in [0.25, 0.3) is 21.8 Å². The van der Waals surface area contributed by atoms with Gasteiger partial charge in [0.25, 0.3) is 0 Å². The summed E-state index contributed by atoms with van der Waals surface area (Å²) in [4.78, 5) is 43.2. The number of rotatable bonds is 8. The predicted octanol–water partition coefficient (Wildman–Crippen LogP) is 5.62. The maximum absolute atomic E-state index is 13.3. The van der Waals surface area contributed by atoms with Crippen molar-refractivity contribution in [2.45, 2.75) is 53.2 Å². The zero-order chi connectivity index (χ0) is 26.9. The number of ketones is 2.